The van der Waals surface area contributed by atoms with Gasteiger partial charge >= 0.3 is 0 Å². The minimum atomic E-state index is -4.22. The van der Waals surface area contributed by atoms with Crippen LogP contribution in [0.15, 0.2) is 35.2 Å². The molecule has 0 radical (unpaired) electrons. The molecule has 2 aromatic carbocycles. The highest BCUT2D eigenvalue weighted by atomic mass is 32.2. The Kier molecular flexibility index (Phi) is 9.34. The molecular weight excluding hydrogens is 475 g/mol. The van der Waals surface area contributed by atoms with Gasteiger partial charge in [0.1, 0.15) is 30.3 Å². The summed E-state index contributed by atoms with van der Waals surface area (Å²) < 4.78 is 44.0. The molecule has 0 saturated carbocycles. The van der Waals surface area contributed by atoms with Gasteiger partial charge in [-0.3, -0.25) is 4.79 Å². The number of aryl methyl sites for hydroxylation is 1. The SMILES string of the molecule is CCNC(=O)c1cc(S(N)(=O)=O)cc(F)c1CC(C)(C)NC[C@H](O)COc1cccc(C)c1C#N. The Labute approximate surface area is 205 Å². The van der Waals surface area contributed by atoms with Crippen LogP contribution in [-0.4, -0.2) is 50.8 Å². The van der Waals surface area contributed by atoms with Crippen LogP contribution in [0.1, 0.15) is 47.8 Å². The number of sulfonamides is 1. The lowest BCUT2D eigenvalue weighted by atomic mass is 9.91. The number of halogens is 1. The molecular formula is C24H31FN4O5S. The molecule has 190 valence electrons. The van der Waals surface area contributed by atoms with Gasteiger partial charge in [-0.05, 0) is 57.9 Å². The molecule has 0 fully saturated rings. The molecule has 0 aliphatic carbocycles. The molecule has 2 aromatic rings. The molecule has 5 N–H and O–H groups in total. The lowest BCUT2D eigenvalue weighted by Crippen LogP contribution is -2.46. The van der Waals surface area contributed by atoms with Gasteiger partial charge in [-0.15, -0.1) is 0 Å². The summed E-state index contributed by atoms with van der Waals surface area (Å²) in [6, 6.07) is 9.11. The van der Waals surface area contributed by atoms with Crippen molar-refractivity contribution in [3.8, 4) is 11.8 Å². The van der Waals surface area contributed by atoms with Gasteiger partial charge in [-0.1, -0.05) is 12.1 Å². The zero-order valence-electron chi connectivity index (χ0n) is 20.2. The van der Waals surface area contributed by atoms with Crippen LogP contribution >= 0.6 is 0 Å². The second-order valence-electron chi connectivity index (χ2n) is 8.80. The average Bonchev–Trinajstić information content (AvgIpc) is 2.77. The first-order chi connectivity index (χ1) is 16.3. The van der Waals surface area contributed by atoms with E-state index >= 15 is 0 Å². The summed E-state index contributed by atoms with van der Waals surface area (Å²) in [7, 11) is -4.22. The summed E-state index contributed by atoms with van der Waals surface area (Å²) in [4.78, 5) is 12.0. The van der Waals surface area contributed by atoms with E-state index in [0.717, 1.165) is 17.7 Å². The largest absolute Gasteiger partial charge is 0.489 e. The highest BCUT2D eigenvalue weighted by Crippen LogP contribution is 2.24. The first kappa shape index (κ1) is 28.2. The molecule has 0 saturated heterocycles. The number of aliphatic hydroxyl groups excluding tert-OH is 1. The van der Waals surface area contributed by atoms with E-state index in [4.69, 9.17) is 9.88 Å². The Morgan fingerprint density at radius 3 is 2.63 bits per heavy atom. The number of hydrogen-bond donors (Lipinski definition) is 4. The van der Waals surface area contributed by atoms with E-state index < -0.39 is 38.3 Å². The molecule has 0 aliphatic rings. The van der Waals surface area contributed by atoms with Crippen molar-refractivity contribution in [3.05, 3.63) is 58.4 Å². The van der Waals surface area contributed by atoms with Crippen LogP contribution in [0.25, 0.3) is 0 Å². The Morgan fingerprint density at radius 2 is 2.03 bits per heavy atom. The third kappa shape index (κ3) is 7.73. The van der Waals surface area contributed by atoms with E-state index in [9.17, 15) is 28.0 Å². The van der Waals surface area contributed by atoms with Gasteiger partial charge in [-0.25, -0.2) is 17.9 Å². The van der Waals surface area contributed by atoms with E-state index in [-0.39, 0.29) is 37.2 Å². The first-order valence-electron chi connectivity index (χ1n) is 11.0. The number of nitrogens with two attached hydrogens (primary N) is 1. The monoisotopic (exact) mass is 506 g/mol. The molecule has 0 heterocycles. The average molecular weight is 507 g/mol. The van der Waals surface area contributed by atoms with Gasteiger partial charge in [0.2, 0.25) is 10.0 Å². The number of carbonyl (C=O) groups excluding carboxylic acids is 1. The number of amides is 1. The third-order valence-electron chi connectivity index (χ3n) is 5.29. The van der Waals surface area contributed by atoms with Gasteiger partial charge in [0, 0.05) is 29.8 Å². The number of aliphatic hydroxyl groups is 1. The van der Waals surface area contributed by atoms with Gasteiger partial charge in [0.05, 0.1) is 10.5 Å². The van der Waals surface area contributed by atoms with Crippen molar-refractivity contribution >= 4 is 15.9 Å². The summed E-state index contributed by atoms with van der Waals surface area (Å²) in [5.41, 5.74) is 0.248. The van der Waals surface area contributed by atoms with E-state index in [0.29, 0.717) is 11.3 Å². The summed E-state index contributed by atoms with van der Waals surface area (Å²) in [5, 5.41) is 30.5. The van der Waals surface area contributed by atoms with Crippen molar-refractivity contribution < 1.29 is 27.4 Å². The third-order valence-corrected chi connectivity index (χ3v) is 6.18. The molecule has 11 heteroatoms. The topological polar surface area (TPSA) is 155 Å². The molecule has 0 aliphatic heterocycles. The molecule has 35 heavy (non-hydrogen) atoms. The van der Waals surface area contributed by atoms with E-state index in [1.807, 2.05) is 0 Å². The van der Waals surface area contributed by atoms with Crippen LogP contribution in [-0.2, 0) is 16.4 Å². The van der Waals surface area contributed by atoms with Crippen molar-refractivity contribution in [2.45, 2.75) is 50.7 Å². The van der Waals surface area contributed by atoms with E-state index in [1.54, 1.807) is 45.9 Å². The summed E-state index contributed by atoms with van der Waals surface area (Å²) >= 11 is 0. The second kappa shape index (κ2) is 11.6. The van der Waals surface area contributed by atoms with Crippen LogP contribution in [0.5, 0.6) is 5.75 Å². The van der Waals surface area contributed by atoms with Gasteiger partial charge in [-0.2, -0.15) is 5.26 Å². The molecule has 9 nitrogen and oxygen atoms in total. The first-order valence-corrected chi connectivity index (χ1v) is 12.5. The standard InChI is InChI=1S/C24H31FN4O5S/c1-5-28-23(31)18-9-17(35(27,32)33)10-21(25)19(18)11-24(3,4)29-13-16(30)14-34-22-8-6-7-15(2)20(22)12-26/h6-10,16,29-30H,5,11,13-14H2,1-4H3,(H,28,31)(H2,27,32,33)/t16-/m0/s1. The van der Waals surface area contributed by atoms with Crippen molar-refractivity contribution in [1.29, 1.82) is 5.26 Å². The highest BCUT2D eigenvalue weighted by Gasteiger charge is 2.27. The zero-order chi connectivity index (χ0) is 26.4. The van der Waals surface area contributed by atoms with Crippen molar-refractivity contribution in [3.63, 3.8) is 0 Å². The molecule has 1 atom stereocenters. The fourth-order valence-corrected chi connectivity index (χ4v) is 4.01. The van der Waals surface area contributed by atoms with Crippen LogP contribution < -0.4 is 20.5 Å². The lowest BCUT2D eigenvalue weighted by molar-refractivity contribution is 0.0949. The smallest absolute Gasteiger partial charge is 0.251 e. The predicted octanol–water partition coefficient (Wildman–Crippen LogP) is 1.75. The highest BCUT2D eigenvalue weighted by molar-refractivity contribution is 7.89. The van der Waals surface area contributed by atoms with Gasteiger partial charge in [0.15, 0.2) is 0 Å². The van der Waals surface area contributed by atoms with Crippen LogP contribution in [0.2, 0.25) is 0 Å². The number of primary sulfonamides is 1. The van der Waals surface area contributed by atoms with Crippen molar-refractivity contribution in [2.75, 3.05) is 19.7 Å². The Morgan fingerprint density at radius 1 is 1.34 bits per heavy atom. The molecule has 1 amide bonds. The predicted molar refractivity (Wildman–Crippen MR) is 129 cm³/mol. The Balaban J connectivity index is 2.14. The Hall–Kier alpha value is -3.04. The maximum atomic E-state index is 15.0. The van der Waals surface area contributed by atoms with Crippen molar-refractivity contribution in [2.24, 2.45) is 5.14 Å². The van der Waals surface area contributed by atoms with Crippen LogP contribution in [0.3, 0.4) is 0 Å². The van der Waals surface area contributed by atoms with Crippen LogP contribution in [0.4, 0.5) is 4.39 Å². The number of nitrogens with one attached hydrogen (secondary N) is 2. The number of carbonyl (C=O) groups is 1. The summed E-state index contributed by atoms with van der Waals surface area (Å²) in [6.07, 6.45) is -0.931. The lowest BCUT2D eigenvalue weighted by Gasteiger charge is -2.29. The number of β-amino-alcohol motifs (C(OH)–C–C–N with tert-alkyl or cyclic N) is 1. The van der Waals surface area contributed by atoms with Crippen molar-refractivity contribution in [1.82, 2.24) is 10.6 Å². The number of nitrogens with zero attached hydrogens (tertiary/aromatic N) is 1. The zero-order valence-corrected chi connectivity index (χ0v) is 21.0. The van der Waals surface area contributed by atoms with E-state index in [1.165, 1.54) is 0 Å². The minimum Gasteiger partial charge on any atom is -0.489 e. The van der Waals surface area contributed by atoms with E-state index in [2.05, 4.69) is 16.7 Å². The number of rotatable bonds is 11. The summed E-state index contributed by atoms with van der Waals surface area (Å²) in [6.45, 7) is 7.24. The quantitative estimate of drug-likeness (QED) is 0.362. The molecule has 2 rings (SSSR count). The van der Waals surface area contributed by atoms with Crippen LogP contribution in [0, 0.1) is 24.1 Å². The number of ether oxygens (including phenoxy) is 1. The molecule has 0 aromatic heterocycles. The number of benzene rings is 2. The Bertz CT molecular complexity index is 1230. The maximum absolute atomic E-state index is 15.0. The molecule has 0 spiro atoms. The fourth-order valence-electron chi connectivity index (χ4n) is 3.46. The fraction of sp³-hybridized carbons (Fsp3) is 0.417. The normalized spacial score (nSPS) is 12.6. The summed E-state index contributed by atoms with van der Waals surface area (Å²) in [5.74, 6) is -1.13. The van der Waals surface area contributed by atoms with Gasteiger partial charge in [0.25, 0.3) is 5.91 Å². The molecule has 0 bridgehead atoms. The van der Waals surface area contributed by atoms with Gasteiger partial charge < -0.3 is 20.5 Å². The number of hydrogen-bond acceptors (Lipinski definition) is 7. The minimum absolute atomic E-state index is 0.0141. The second-order valence-corrected chi connectivity index (χ2v) is 10.4. The number of nitriles is 1. The maximum Gasteiger partial charge on any atom is 0.251 e. The molecule has 0 unspecified atom stereocenters.